The summed E-state index contributed by atoms with van der Waals surface area (Å²) in [6, 6.07) is 9.96. The number of benzene rings is 2. The Morgan fingerprint density at radius 3 is 2.63 bits per heavy atom. The second-order valence-corrected chi connectivity index (χ2v) is 8.36. The second-order valence-electron chi connectivity index (χ2n) is 7.33. The van der Waals surface area contributed by atoms with Crippen molar-refractivity contribution in [3.8, 4) is 11.5 Å². The van der Waals surface area contributed by atoms with Gasteiger partial charge in [-0.25, -0.2) is 9.37 Å². The summed E-state index contributed by atoms with van der Waals surface area (Å²) in [6.45, 7) is 0. The zero-order valence-corrected chi connectivity index (χ0v) is 18.0. The molecule has 3 aromatic rings. The molecule has 8 heteroatoms. The minimum absolute atomic E-state index is 0.00383. The van der Waals surface area contributed by atoms with Gasteiger partial charge in [-0.1, -0.05) is 17.4 Å². The van der Waals surface area contributed by atoms with Crippen molar-refractivity contribution in [2.75, 3.05) is 26.6 Å². The molecule has 1 aliphatic carbocycles. The molecule has 1 aromatic heterocycles. The van der Waals surface area contributed by atoms with Crippen LogP contribution in [-0.2, 0) is 0 Å². The minimum Gasteiger partial charge on any atom is -0.496 e. The van der Waals surface area contributed by atoms with Crippen molar-refractivity contribution in [2.45, 2.75) is 31.3 Å². The predicted octanol–water partition coefficient (Wildman–Crippen LogP) is 4.56. The highest BCUT2D eigenvalue weighted by molar-refractivity contribution is 7.22. The number of likely N-dealkylation sites (N-methyl/N-ethyl adjacent to an activating group) is 1. The summed E-state index contributed by atoms with van der Waals surface area (Å²) >= 11 is 1.42. The number of fused-ring (bicyclic) bond motifs is 1. The van der Waals surface area contributed by atoms with Gasteiger partial charge in [0.25, 0.3) is 5.91 Å². The summed E-state index contributed by atoms with van der Waals surface area (Å²) in [5.41, 5.74) is 1.19. The quantitative estimate of drug-likeness (QED) is 0.622. The van der Waals surface area contributed by atoms with Crippen LogP contribution < -0.4 is 14.8 Å². The molecule has 4 rings (SSSR count). The van der Waals surface area contributed by atoms with Crippen molar-refractivity contribution < 1.29 is 18.7 Å². The number of anilines is 1. The summed E-state index contributed by atoms with van der Waals surface area (Å²) in [5.74, 6) is 0.561. The molecule has 2 aromatic carbocycles. The van der Waals surface area contributed by atoms with E-state index in [9.17, 15) is 9.18 Å². The molecule has 1 amide bonds. The number of hydrogen-bond acceptors (Lipinski definition) is 6. The van der Waals surface area contributed by atoms with Crippen LogP contribution in [0.1, 0.15) is 29.6 Å². The lowest BCUT2D eigenvalue weighted by Gasteiger charge is -2.31. The third-order valence-electron chi connectivity index (χ3n) is 5.60. The highest BCUT2D eigenvalue weighted by Gasteiger charge is 2.35. The topological polar surface area (TPSA) is 63.7 Å². The van der Waals surface area contributed by atoms with Crippen LogP contribution in [0.25, 0.3) is 10.2 Å². The summed E-state index contributed by atoms with van der Waals surface area (Å²) < 4.78 is 25.1. The number of amides is 1. The molecule has 1 saturated carbocycles. The monoisotopic (exact) mass is 429 g/mol. The van der Waals surface area contributed by atoms with Crippen molar-refractivity contribution in [3.63, 3.8) is 0 Å². The van der Waals surface area contributed by atoms with Gasteiger partial charge in [-0.3, -0.25) is 4.79 Å². The first-order valence-corrected chi connectivity index (χ1v) is 10.6. The van der Waals surface area contributed by atoms with Gasteiger partial charge in [0, 0.05) is 13.1 Å². The van der Waals surface area contributed by atoms with Gasteiger partial charge in [0.1, 0.15) is 22.9 Å². The first kappa shape index (κ1) is 20.4. The molecule has 0 saturated heterocycles. The number of halogens is 1. The van der Waals surface area contributed by atoms with Crippen LogP contribution in [-0.4, -0.2) is 49.1 Å². The Balaban J connectivity index is 1.56. The largest absolute Gasteiger partial charge is 0.496 e. The molecule has 0 unspecified atom stereocenters. The van der Waals surface area contributed by atoms with Crippen molar-refractivity contribution in [3.05, 3.63) is 47.8 Å². The van der Waals surface area contributed by atoms with E-state index in [1.54, 1.807) is 43.4 Å². The first-order valence-electron chi connectivity index (χ1n) is 9.82. The van der Waals surface area contributed by atoms with Gasteiger partial charge in [0.05, 0.1) is 30.5 Å². The lowest BCUT2D eigenvalue weighted by molar-refractivity contribution is 0.0721. The van der Waals surface area contributed by atoms with E-state index in [1.165, 1.54) is 23.5 Å². The van der Waals surface area contributed by atoms with Crippen LogP contribution in [0.5, 0.6) is 11.5 Å². The lowest BCUT2D eigenvalue weighted by atomic mass is 10.1. The van der Waals surface area contributed by atoms with E-state index >= 15 is 0 Å². The Morgan fingerprint density at radius 2 is 1.93 bits per heavy atom. The number of carbonyl (C=O) groups excluding carboxylic acids is 1. The van der Waals surface area contributed by atoms with Crippen molar-refractivity contribution in [1.82, 2.24) is 9.88 Å². The molecular weight excluding hydrogens is 405 g/mol. The first-order chi connectivity index (χ1) is 14.5. The highest BCUT2D eigenvalue weighted by Crippen LogP contribution is 2.34. The zero-order chi connectivity index (χ0) is 21.3. The van der Waals surface area contributed by atoms with E-state index < -0.39 is 0 Å². The van der Waals surface area contributed by atoms with E-state index in [1.807, 2.05) is 7.05 Å². The molecule has 0 aliphatic heterocycles. The van der Waals surface area contributed by atoms with Crippen molar-refractivity contribution >= 4 is 32.6 Å². The zero-order valence-electron chi connectivity index (χ0n) is 17.1. The number of methoxy groups -OCH3 is 2. The number of nitrogens with zero attached hydrogens (tertiary/aromatic N) is 2. The Kier molecular flexibility index (Phi) is 5.76. The fraction of sp³-hybridized carbons (Fsp3) is 0.364. The molecule has 0 radical (unpaired) electrons. The fourth-order valence-corrected chi connectivity index (χ4v) is 5.03. The maximum absolute atomic E-state index is 13.5. The maximum atomic E-state index is 13.5. The average molecular weight is 430 g/mol. The summed E-state index contributed by atoms with van der Waals surface area (Å²) in [5, 5.41) is 4.21. The summed E-state index contributed by atoms with van der Waals surface area (Å²) in [7, 11) is 4.90. The third-order valence-corrected chi connectivity index (χ3v) is 6.55. The van der Waals surface area contributed by atoms with Crippen LogP contribution in [0.4, 0.5) is 9.52 Å². The number of nitrogens with one attached hydrogen (secondary N) is 1. The van der Waals surface area contributed by atoms with Gasteiger partial charge in [-0.15, -0.1) is 0 Å². The van der Waals surface area contributed by atoms with Crippen LogP contribution in [0.3, 0.4) is 0 Å². The van der Waals surface area contributed by atoms with E-state index in [4.69, 9.17) is 9.47 Å². The normalized spacial score (nSPS) is 18.4. The predicted molar refractivity (Wildman–Crippen MR) is 116 cm³/mol. The van der Waals surface area contributed by atoms with Crippen LogP contribution >= 0.6 is 11.3 Å². The minimum atomic E-state index is -0.271. The number of carbonyl (C=O) groups is 1. The third kappa shape index (κ3) is 3.79. The average Bonchev–Trinajstić information content (AvgIpc) is 3.38. The Morgan fingerprint density at radius 1 is 1.20 bits per heavy atom. The molecular formula is C22H24FN3O3S. The Bertz CT molecular complexity index is 1050. The number of rotatable bonds is 6. The fourth-order valence-electron chi connectivity index (χ4n) is 4.08. The SMILES string of the molecule is COc1cccc(OC)c1C(=O)N(C)[C@@H]1CCC[C@@H]1Nc1nc2ccc(F)cc2s1. The molecule has 1 fully saturated rings. The second kappa shape index (κ2) is 8.47. The smallest absolute Gasteiger partial charge is 0.261 e. The van der Waals surface area contributed by atoms with Crippen LogP contribution in [0.2, 0.25) is 0 Å². The van der Waals surface area contributed by atoms with Crippen LogP contribution in [0.15, 0.2) is 36.4 Å². The van der Waals surface area contributed by atoms with Gasteiger partial charge < -0.3 is 19.7 Å². The molecule has 1 aliphatic rings. The Labute approximate surface area is 178 Å². The molecule has 2 atom stereocenters. The van der Waals surface area contributed by atoms with Gasteiger partial charge in [0.2, 0.25) is 0 Å². The summed E-state index contributed by atoms with van der Waals surface area (Å²) in [6.07, 6.45) is 2.81. The van der Waals surface area contributed by atoms with E-state index in [-0.39, 0.29) is 23.8 Å². The standard InChI is InChI=1S/C22H24FN3O3S/c1-26(21(27)20-17(28-2)8-5-9-18(20)29-3)16-7-4-6-14(16)24-22-25-15-11-10-13(23)12-19(15)30-22/h5,8-12,14,16H,4,6-7H2,1-3H3,(H,24,25)/t14-,16+/m0/s1. The van der Waals surface area contributed by atoms with Crippen molar-refractivity contribution in [2.24, 2.45) is 0 Å². The van der Waals surface area contributed by atoms with E-state index in [0.29, 0.717) is 17.1 Å². The lowest BCUT2D eigenvalue weighted by Crippen LogP contribution is -2.44. The number of thiazole rings is 1. The number of aromatic nitrogens is 1. The molecule has 158 valence electrons. The molecule has 0 spiro atoms. The molecule has 30 heavy (non-hydrogen) atoms. The van der Waals surface area contributed by atoms with Gasteiger partial charge in [-0.2, -0.15) is 0 Å². The number of ether oxygens (including phenoxy) is 2. The Hall–Kier alpha value is -2.87. The van der Waals surface area contributed by atoms with Gasteiger partial charge in [-0.05, 0) is 49.6 Å². The maximum Gasteiger partial charge on any atom is 0.261 e. The number of hydrogen-bond donors (Lipinski definition) is 1. The van der Waals surface area contributed by atoms with Gasteiger partial charge in [0.15, 0.2) is 5.13 Å². The highest BCUT2D eigenvalue weighted by atomic mass is 32.1. The molecule has 1 N–H and O–H groups in total. The summed E-state index contributed by atoms with van der Waals surface area (Å²) in [4.78, 5) is 19.7. The molecule has 0 bridgehead atoms. The van der Waals surface area contributed by atoms with Crippen molar-refractivity contribution in [1.29, 1.82) is 0 Å². The van der Waals surface area contributed by atoms with Gasteiger partial charge >= 0.3 is 0 Å². The van der Waals surface area contributed by atoms with E-state index in [0.717, 1.165) is 34.6 Å². The molecule has 6 nitrogen and oxygen atoms in total. The van der Waals surface area contributed by atoms with Crippen LogP contribution in [0, 0.1) is 5.82 Å². The molecule has 1 heterocycles. The van der Waals surface area contributed by atoms with E-state index in [2.05, 4.69) is 10.3 Å².